The van der Waals surface area contributed by atoms with Crippen molar-refractivity contribution in [3.05, 3.63) is 23.9 Å². The summed E-state index contributed by atoms with van der Waals surface area (Å²) in [6.45, 7) is 0. The zero-order valence-corrected chi connectivity index (χ0v) is 5.02. The number of rotatable bonds is 1. The fourth-order valence-electron chi connectivity index (χ4n) is 0.434. The number of halogens is 1. The summed E-state index contributed by atoms with van der Waals surface area (Å²) in [5.74, 6) is 0.494. The second-order valence-electron chi connectivity index (χ2n) is 1.41. The van der Waals surface area contributed by atoms with Gasteiger partial charge in [-0.05, 0) is 0 Å². The SMILES string of the molecule is ClCC1=[C+]N=CC=C1. The number of hydrogen-bond acceptors (Lipinski definition) is 1. The van der Waals surface area contributed by atoms with Gasteiger partial charge in [-0.15, -0.1) is 11.6 Å². The van der Waals surface area contributed by atoms with Gasteiger partial charge in [0.15, 0.2) is 11.8 Å². The molecule has 0 unspecified atom stereocenters. The fourth-order valence-corrected chi connectivity index (χ4v) is 0.583. The lowest BCUT2D eigenvalue weighted by Gasteiger charge is -1.81. The van der Waals surface area contributed by atoms with Crippen LogP contribution in [0, 0.1) is 6.20 Å². The first-order chi connectivity index (χ1) is 3.93. The summed E-state index contributed by atoms with van der Waals surface area (Å²) in [5.41, 5.74) is 0.939. The molecule has 0 saturated carbocycles. The molecule has 2 heteroatoms. The van der Waals surface area contributed by atoms with E-state index in [2.05, 4.69) is 11.2 Å². The first-order valence-electron chi connectivity index (χ1n) is 2.31. The van der Waals surface area contributed by atoms with Gasteiger partial charge in [0.1, 0.15) is 6.21 Å². The molecule has 1 aliphatic rings. The number of alkyl halides is 1. The van der Waals surface area contributed by atoms with Crippen LogP contribution in [0.5, 0.6) is 0 Å². The van der Waals surface area contributed by atoms with Crippen molar-refractivity contribution in [3.8, 4) is 0 Å². The van der Waals surface area contributed by atoms with E-state index in [0.29, 0.717) is 5.88 Å². The van der Waals surface area contributed by atoms with E-state index >= 15 is 0 Å². The predicted molar refractivity (Wildman–Crippen MR) is 35.1 cm³/mol. The quantitative estimate of drug-likeness (QED) is 0.374. The smallest absolute Gasteiger partial charge is 0.118 e. The zero-order valence-electron chi connectivity index (χ0n) is 4.26. The second-order valence-corrected chi connectivity index (χ2v) is 1.68. The maximum Gasteiger partial charge on any atom is 0.160 e. The molecule has 0 N–H and O–H groups in total. The van der Waals surface area contributed by atoms with Crippen LogP contribution < -0.4 is 0 Å². The molecule has 0 atom stereocenters. The molecule has 0 saturated heterocycles. The van der Waals surface area contributed by atoms with Crippen LogP contribution in [0.15, 0.2) is 22.7 Å². The van der Waals surface area contributed by atoms with Crippen molar-refractivity contribution in [2.75, 3.05) is 5.88 Å². The molecule has 0 aromatic rings. The minimum absolute atomic E-state index is 0.494. The zero-order chi connectivity index (χ0) is 5.82. The Labute approximate surface area is 53.4 Å². The average Bonchev–Trinajstić information content (AvgIpc) is 1.90. The third-order valence-corrected chi connectivity index (χ3v) is 1.10. The lowest BCUT2D eigenvalue weighted by atomic mass is 10.3. The Bertz CT molecular complexity index is 156. The van der Waals surface area contributed by atoms with Crippen molar-refractivity contribution in [3.63, 3.8) is 0 Å². The van der Waals surface area contributed by atoms with Crippen LogP contribution in [0.25, 0.3) is 0 Å². The average molecular weight is 127 g/mol. The van der Waals surface area contributed by atoms with Crippen LogP contribution in [0.1, 0.15) is 0 Å². The first-order valence-corrected chi connectivity index (χ1v) is 2.84. The van der Waals surface area contributed by atoms with Crippen LogP contribution in [0.3, 0.4) is 0 Å². The van der Waals surface area contributed by atoms with Gasteiger partial charge in [-0.25, -0.2) is 0 Å². The van der Waals surface area contributed by atoms with Gasteiger partial charge in [0.05, 0.1) is 18.0 Å². The Morgan fingerprint density at radius 1 is 1.75 bits per heavy atom. The Morgan fingerprint density at radius 2 is 2.62 bits per heavy atom. The lowest BCUT2D eigenvalue weighted by molar-refractivity contribution is 1.37. The van der Waals surface area contributed by atoms with Crippen LogP contribution >= 0.6 is 11.6 Å². The van der Waals surface area contributed by atoms with E-state index in [-0.39, 0.29) is 0 Å². The van der Waals surface area contributed by atoms with Gasteiger partial charge >= 0.3 is 0 Å². The normalized spacial score (nSPS) is 15.4. The van der Waals surface area contributed by atoms with Crippen molar-refractivity contribution in [2.45, 2.75) is 0 Å². The van der Waals surface area contributed by atoms with E-state index in [1.54, 1.807) is 6.21 Å². The summed E-state index contributed by atoms with van der Waals surface area (Å²) >= 11 is 5.46. The molecule has 1 rings (SSSR count). The summed E-state index contributed by atoms with van der Waals surface area (Å²) in [6.07, 6.45) is 8.14. The molecular formula is C6H5ClN+. The molecule has 0 aliphatic carbocycles. The highest BCUT2D eigenvalue weighted by Gasteiger charge is 2.00. The van der Waals surface area contributed by atoms with Crippen molar-refractivity contribution < 1.29 is 0 Å². The van der Waals surface area contributed by atoms with Crippen molar-refractivity contribution in [2.24, 2.45) is 4.99 Å². The van der Waals surface area contributed by atoms with Gasteiger partial charge in [-0.3, -0.25) is 0 Å². The van der Waals surface area contributed by atoms with Gasteiger partial charge in [-0.2, -0.15) is 0 Å². The van der Waals surface area contributed by atoms with Gasteiger partial charge in [-0.1, -0.05) is 4.99 Å². The maximum atomic E-state index is 5.46. The summed E-state index contributed by atoms with van der Waals surface area (Å²) < 4.78 is 0. The number of aliphatic imine (C=N–C) groups is 1. The van der Waals surface area contributed by atoms with E-state index in [1.807, 2.05) is 12.2 Å². The molecular weight excluding hydrogens is 122 g/mol. The topological polar surface area (TPSA) is 12.4 Å². The van der Waals surface area contributed by atoms with Gasteiger partial charge < -0.3 is 0 Å². The highest BCUT2D eigenvalue weighted by Crippen LogP contribution is 2.01. The predicted octanol–water partition coefficient (Wildman–Crippen LogP) is 1.55. The molecule has 0 spiro atoms. The standard InChI is InChI=1S/C6H5ClN/c7-4-6-2-1-3-8-5-6/h1-3H,4H2/q+1. The van der Waals surface area contributed by atoms with Crippen LogP contribution in [0.4, 0.5) is 0 Å². The molecule has 0 aromatic heterocycles. The molecule has 1 nitrogen and oxygen atoms in total. The summed E-state index contributed by atoms with van der Waals surface area (Å²) in [6, 6.07) is 0. The largest absolute Gasteiger partial charge is 0.160 e. The minimum Gasteiger partial charge on any atom is -0.118 e. The minimum atomic E-state index is 0.494. The third kappa shape index (κ3) is 1.16. The van der Waals surface area contributed by atoms with Crippen molar-refractivity contribution in [1.82, 2.24) is 0 Å². The molecule has 0 amide bonds. The highest BCUT2D eigenvalue weighted by atomic mass is 35.5. The Balaban J connectivity index is 2.68. The monoisotopic (exact) mass is 126 g/mol. The second kappa shape index (κ2) is 2.61. The highest BCUT2D eigenvalue weighted by molar-refractivity contribution is 6.19. The first kappa shape index (κ1) is 5.49. The molecule has 0 fully saturated rings. The van der Waals surface area contributed by atoms with Crippen molar-refractivity contribution in [1.29, 1.82) is 0 Å². The number of nitrogens with zero attached hydrogens (tertiary/aromatic N) is 1. The van der Waals surface area contributed by atoms with E-state index in [9.17, 15) is 0 Å². The van der Waals surface area contributed by atoms with Crippen molar-refractivity contribution >= 4 is 17.8 Å². The van der Waals surface area contributed by atoms with Gasteiger partial charge in [0.2, 0.25) is 0 Å². The van der Waals surface area contributed by atoms with E-state index in [0.717, 1.165) is 5.57 Å². The van der Waals surface area contributed by atoms with Crippen LogP contribution in [-0.2, 0) is 0 Å². The Kier molecular flexibility index (Phi) is 1.79. The van der Waals surface area contributed by atoms with Gasteiger partial charge in [0.25, 0.3) is 0 Å². The van der Waals surface area contributed by atoms with Gasteiger partial charge in [0, 0.05) is 0 Å². The van der Waals surface area contributed by atoms with Crippen LogP contribution in [0.2, 0.25) is 0 Å². The third-order valence-electron chi connectivity index (χ3n) is 0.810. The molecule has 0 radical (unpaired) electrons. The van der Waals surface area contributed by atoms with E-state index < -0.39 is 0 Å². The molecule has 0 bridgehead atoms. The summed E-state index contributed by atoms with van der Waals surface area (Å²) in [4.78, 5) is 3.75. The molecule has 1 heterocycles. The molecule has 1 aliphatic heterocycles. The number of allylic oxidation sites excluding steroid dienone is 3. The molecule has 8 heavy (non-hydrogen) atoms. The van der Waals surface area contributed by atoms with E-state index in [4.69, 9.17) is 11.6 Å². The van der Waals surface area contributed by atoms with E-state index in [1.165, 1.54) is 0 Å². The maximum absolute atomic E-state index is 5.46. The Morgan fingerprint density at radius 3 is 3.00 bits per heavy atom. The van der Waals surface area contributed by atoms with Crippen LogP contribution in [-0.4, -0.2) is 12.1 Å². The lowest BCUT2D eigenvalue weighted by Crippen LogP contribution is -1.82. The summed E-state index contributed by atoms with van der Waals surface area (Å²) in [7, 11) is 0. The number of hydrogen-bond donors (Lipinski definition) is 0. The summed E-state index contributed by atoms with van der Waals surface area (Å²) in [5, 5.41) is 0. The molecule has 40 valence electrons. The molecule has 0 aromatic carbocycles. The fraction of sp³-hybridized carbons (Fsp3) is 0.167. The Hall–Kier alpha value is -0.650.